The molecule has 0 amide bonds. The number of aromatic amines is 1. The Morgan fingerprint density at radius 1 is 1.21 bits per heavy atom. The first-order valence-corrected chi connectivity index (χ1v) is 6.80. The summed E-state index contributed by atoms with van der Waals surface area (Å²) in [5.74, 6) is 0.928. The number of rotatable bonds is 4. The van der Waals surface area contributed by atoms with Crippen LogP contribution >= 0.6 is 0 Å². The van der Waals surface area contributed by atoms with E-state index in [2.05, 4.69) is 25.2 Å². The van der Waals surface area contributed by atoms with Gasteiger partial charge in [-0.05, 0) is 12.1 Å². The van der Waals surface area contributed by atoms with Crippen LogP contribution < -0.4 is 5.32 Å². The van der Waals surface area contributed by atoms with Crippen molar-refractivity contribution < 1.29 is 0 Å². The van der Waals surface area contributed by atoms with E-state index in [9.17, 15) is 0 Å². The molecule has 2 aromatic heterocycles. The highest BCUT2D eigenvalue weighted by Gasteiger charge is 2.10. The molecule has 0 radical (unpaired) electrons. The average Bonchev–Trinajstić information content (AvgIpc) is 3.01. The second-order valence-electron chi connectivity index (χ2n) is 4.80. The first-order chi connectivity index (χ1) is 9.42. The summed E-state index contributed by atoms with van der Waals surface area (Å²) in [6.07, 6.45) is 6.64. The minimum absolute atomic E-state index is 0.915. The Hall–Kier alpha value is -1.72. The van der Waals surface area contributed by atoms with E-state index in [1.54, 1.807) is 0 Å². The molecule has 0 bridgehead atoms. The van der Waals surface area contributed by atoms with Gasteiger partial charge in [0, 0.05) is 63.3 Å². The summed E-state index contributed by atoms with van der Waals surface area (Å²) in [5.41, 5.74) is 2.11. The first-order valence-electron chi connectivity index (χ1n) is 6.80. The Balaban J connectivity index is 1.63. The molecule has 0 atom stereocenters. The van der Waals surface area contributed by atoms with E-state index in [0.29, 0.717) is 0 Å². The van der Waals surface area contributed by atoms with E-state index in [1.165, 1.54) is 0 Å². The minimum atomic E-state index is 0.915. The molecule has 0 aromatic carbocycles. The van der Waals surface area contributed by atoms with Crippen LogP contribution in [0.15, 0.2) is 30.7 Å². The quantitative estimate of drug-likeness (QED) is 0.855. The van der Waals surface area contributed by atoms with Crippen LogP contribution in [0, 0.1) is 0 Å². The molecular weight excluding hydrogens is 238 g/mol. The lowest BCUT2D eigenvalue weighted by Gasteiger charge is -2.26. The third kappa shape index (κ3) is 3.19. The third-order valence-corrected chi connectivity index (χ3v) is 3.46. The van der Waals surface area contributed by atoms with Crippen LogP contribution in [0.4, 0.5) is 0 Å². The number of H-pyrrole nitrogens is 1. The van der Waals surface area contributed by atoms with E-state index in [1.807, 2.05) is 30.7 Å². The molecular formula is C14H19N5. The predicted octanol–water partition coefficient (Wildman–Crippen LogP) is 0.919. The third-order valence-electron chi connectivity index (χ3n) is 3.46. The number of nitrogens with one attached hydrogen (secondary N) is 2. The normalized spacial score (nSPS) is 16.6. The second kappa shape index (κ2) is 5.95. The zero-order chi connectivity index (χ0) is 12.9. The molecule has 5 heteroatoms. The largest absolute Gasteiger partial charge is 0.367 e. The van der Waals surface area contributed by atoms with Crippen molar-refractivity contribution in [3.05, 3.63) is 36.5 Å². The zero-order valence-corrected chi connectivity index (χ0v) is 11.0. The van der Waals surface area contributed by atoms with Gasteiger partial charge >= 0.3 is 0 Å². The first kappa shape index (κ1) is 12.3. The molecule has 0 saturated carbocycles. The molecule has 2 N–H and O–H groups in total. The highest BCUT2D eigenvalue weighted by atomic mass is 15.2. The van der Waals surface area contributed by atoms with Gasteiger partial charge in [0.1, 0.15) is 5.82 Å². The Morgan fingerprint density at radius 3 is 2.89 bits per heavy atom. The lowest BCUT2D eigenvalue weighted by molar-refractivity contribution is 0.242. The molecule has 19 heavy (non-hydrogen) atoms. The molecule has 1 fully saturated rings. The number of piperazine rings is 1. The molecule has 0 spiro atoms. The molecule has 1 aliphatic heterocycles. The van der Waals surface area contributed by atoms with Crippen molar-refractivity contribution in [3.63, 3.8) is 0 Å². The van der Waals surface area contributed by atoms with Crippen molar-refractivity contribution in [1.82, 2.24) is 25.2 Å². The summed E-state index contributed by atoms with van der Waals surface area (Å²) in [6.45, 7) is 5.46. The van der Waals surface area contributed by atoms with Crippen LogP contribution in [0.25, 0.3) is 11.3 Å². The van der Waals surface area contributed by atoms with Gasteiger partial charge < -0.3 is 15.2 Å². The van der Waals surface area contributed by atoms with Gasteiger partial charge in [0.2, 0.25) is 0 Å². The van der Waals surface area contributed by atoms with Gasteiger partial charge in [-0.15, -0.1) is 0 Å². The van der Waals surface area contributed by atoms with Crippen LogP contribution in [-0.4, -0.2) is 52.6 Å². The SMILES string of the molecule is c1cc(-c2cc[nH]c2)nc(CCN2CCNCC2)n1. The standard InChI is InChI=1S/C14H19N5/c1-4-16-11-12(1)13-2-5-17-14(18-13)3-8-19-9-6-15-7-10-19/h1-2,4-5,11,15-16H,3,6-10H2. The number of hydrogen-bond donors (Lipinski definition) is 2. The van der Waals surface area contributed by atoms with E-state index in [-0.39, 0.29) is 0 Å². The van der Waals surface area contributed by atoms with E-state index in [0.717, 1.165) is 56.2 Å². The second-order valence-corrected chi connectivity index (χ2v) is 4.80. The monoisotopic (exact) mass is 257 g/mol. The fourth-order valence-electron chi connectivity index (χ4n) is 2.36. The Bertz CT molecular complexity index is 502. The lowest BCUT2D eigenvalue weighted by Crippen LogP contribution is -2.44. The molecule has 2 aromatic rings. The van der Waals surface area contributed by atoms with Gasteiger partial charge in [-0.3, -0.25) is 0 Å². The van der Waals surface area contributed by atoms with E-state index in [4.69, 9.17) is 0 Å². The van der Waals surface area contributed by atoms with Crippen molar-refractivity contribution in [2.45, 2.75) is 6.42 Å². The summed E-state index contributed by atoms with van der Waals surface area (Å²) < 4.78 is 0. The Morgan fingerprint density at radius 2 is 2.11 bits per heavy atom. The summed E-state index contributed by atoms with van der Waals surface area (Å²) in [7, 11) is 0. The predicted molar refractivity (Wildman–Crippen MR) is 74.8 cm³/mol. The summed E-state index contributed by atoms with van der Waals surface area (Å²) >= 11 is 0. The minimum Gasteiger partial charge on any atom is -0.367 e. The number of aromatic nitrogens is 3. The number of nitrogens with zero attached hydrogens (tertiary/aromatic N) is 3. The van der Waals surface area contributed by atoms with Crippen molar-refractivity contribution in [3.8, 4) is 11.3 Å². The highest BCUT2D eigenvalue weighted by Crippen LogP contribution is 2.15. The van der Waals surface area contributed by atoms with Gasteiger partial charge in [0.05, 0.1) is 5.69 Å². The summed E-state index contributed by atoms with van der Waals surface area (Å²) in [6, 6.07) is 3.99. The average molecular weight is 257 g/mol. The smallest absolute Gasteiger partial charge is 0.130 e. The fraction of sp³-hybridized carbons (Fsp3) is 0.429. The summed E-state index contributed by atoms with van der Waals surface area (Å²) in [4.78, 5) is 14.5. The van der Waals surface area contributed by atoms with Gasteiger partial charge in [-0.25, -0.2) is 9.97 Å². The van der Waals surface area contributed by atoms with E-state index >= 15 is 0 Å². The van der Waals surface area contributed by atoms with Gasteiger partial charge in [0.15, 0.2) is 0 Å². The van der Waals surface area contributed by atoms with Crippen molar-refractivity contribution in [2.24, 2.45) is 0 Å². The van der Waals surface area contributed by atoms with Gasteiger partial charge in [0.25, 0.3) is 0 Å². The Kier molecular flexibility index (Phi) is 3.86. The van der Waals surface area contributed by atoms with Crippen molar-refractivity contribution in [2.75, 3.05) is 32.7 Å². The van der Waals surface area contributed by atoms with Gasteiger partial charge in [-0.2, -0.15) is 0 Å². The maximum atomic E-state index is 4.63. The molecule has 0 aliphatic carbocycles. The highest BCUT2D eigenvalue weighted by molar-refractivity contribution is 5.57. The molecule has 3 heterocycles. The maximum Gasteiger partial charge on any atom is 0.130 e. The van der Waals surface area contributed by atoms with Crippen LogP contribution in [0.1, 0.15) is 5.82 Å². The van der Waals surface area contributed by atoms with Gasteiger partial charge in [-0.1, -0.05) is 0 Å². The topological polar surface area (TPSA) is 56.8 Å². The molecule has 1 saturated heterocycles. The molecule has 1 aliphatic rings. The van der Waals surface area contributed by atoms with Crippen molar-refractivity contribution in [1.29, 1.82) is 0 Å². The lowest BCUT2D eigenvalue weighted by atomic mass is 10.2. The fourth-order valence-corrected chi connectivity index (χ4v) is 2.36. The molecule has 3 rings (SSSR count). The van der Waals surface area contributed by atoms with Crippen LogP contribution in [0.5, 0.6) is 0 Å². The summed E-state index contributed by atoms with van der Waals surface area (Å²) in [5, 5.41) is 3.36. The van der Waals surface area contributed by atoms with Crippen LogP contribution in [0.2, 0.25) is 0 Å². The molecule has 5 nitrogen and oxygen atoms in total. The zero-order valence-electron chi connectivity index (χ0n) is 11.0. The van der Waals surface area contributed by atoms with E-state index < -0.39 is 0 Å². The van der Waals surface area contributed by atoms with Crippen LogP contribution in [0.3, 0.4) is 0 Å². The molecule has 0 unspecified atom stereocenters. The van der Waals surface area contributed by atoms with Crippen LogP contribution in [-0.2, 0) is 6.42 Å². The maximum absolute atomic E-state index is 4.63. The number of hydrogen-bond acceptors (Lipinski definition) is 4. The van der Waals surface area contributed by atoms with Crippen molar-refractivity contribution >= 4 is 0 Å². The molecule has 100 valence electrons. The Labute approximate surface area is 113 Å².